The number of allylic oxidation sites excluding steroid dienone is 1. The van der Waals surface area contributed by atoms with Gasteiger partial charge in [0.2, 0.25) is 0 Å². The second-order valence-electron chi connectivity index (χ2n) is 3.49. The monoisotopic (exact) mass is 170 g/mol. The van der Waals surface area contributed by atoms with E-state index in [-0.39, 0.29) is 12.1 Å². The molecule has 12 heavy (non-hydrogen) atoms. The lowest BCUT2D eigenvalue weighted by Crippen LogP contribution is -2.42. The molecule has 0 saturated carbocycles. The van der Waals surface area contributed by atoms with E-state index in [9.17, 15) is 0 Å². The number of ether oxygens (including phenoxy) is 1. The van der Waals surface area contributed by atoms with Crippen LogP contribution in [-0.4, -0.2) is 18.8 Å². The van der Waals surface area contributed by atoms with Crippen molar-refractivity contribution in [3.8, 4) is 0 Å². The minimum atomic E-state index is 0.178. The van der Waals surface area contributed by atoms with Crippen molar-refractivity contribution in [2.24, 2.45) is 5.84 Å². The Kier molecular flexibility index (Phi) is 3.72. The standard InChI is InChI=1S/C9H18N2O/c1-7(2)6-8(11-10)9-4-3-5-12-9/h6,8-9,11H,3-5,10H2,1-2H3. The minimum Gasteiger partial charge on any atom is -0.376 e. The highest BCUT2D eigenvalue weighted by molar-refractivity contribution is 5.03. The van der Waals surface area contributed by atoms with Gasteiger partial charge in [-0.1, -0.05) is 11.6 Å². The zero-order valence-electron chi connectivity index (χ0n) is 7.84. The van der Waals surface area contributed by atoms with E-state index in [1.165, 1.54) is 5.57 Å². The third-order valence-electron chi connectivity index (χ3n) is 2.07. The summed E-state index contributed by atoms with van der Waals surface area (Å²) >= 11 is 0. The van der Waals surface area contributed by atoms with Gasteiger partial charge in [-0.3, -0.25) is 11.3 Å². The molecule has 0 spiro atoms. The molecule has 2 atom stereocenters. The molecule has 3 nitrogen and oxygen atoms in total. The van der Waals surface area contributed by atoms with Crippen LogP contribution in [0.25, 0.3) is 0 Å². The van der Waals surface area contributed by atoms with Gasteiger partial charge in [0.1, 0.15) is 0 Å². The Labute approximate surface area is 73.9 Å². The predicted octanol–water partition coefficient (Wildman–Crippen LogP) is 0.963. The molecule has 0 aliphatic carbocycles. The van der Waals surface area contributed by atoms with Crippen molar-refractivity contribution in [1.82, 2.24) is 5.43 Å². The largest absolute Gasteiger partial charge is 0.376 e. The maximum absolute atomic E-state index is 5.52. The maximum atomic E-state index is 5.52. The highest BCUT2D eigenvalue weighted by atomic mass is 16.5. The summed E-state index contributed by atoms with van der Waals surface area (Å²) in [5, 5.41) is 0. The summed E-state index contributed by atoms with van der Waals surface area (Å²) in [5.74, 6) is 5.43. The summed E-state index contributed by atoms with van der Waals surface area (Å²) in [6.45, 7) is 5.01. The first-order valence-corrected chi connectivity index (χ1v) is 4.47. The van der Waals surface area contributed by atoms with Gasteiger partial charge >= 0.3 is 0 Å². The Hall–Kier alpha value is -0.380. The van der Waals surface area contributed by atoms with Crippen molar-refractivity contribution in [2.45, 2.75) is 38.8 Å². The number of rotatable bonds is 3. The Bertz CT molecular complexity index is 158. The van der Waals surface area contributed by atoms with Crippen LogP contribution in [0.4, 0.5) is 0 Å². The number of hydrogen-bond acceptors (Lipinski definition) is 3. The maximum Gasteiger partial charge on any atom is 0.0777 e. The molecule has 0 aromatic heterocycles. The molecule has 1 saturated heterocycles. The molecule has 1 rings (SSSR count). The quantitative estimate of drug-likeness (QED) is 0.377. The van der Waals surface area contributed by atoms with E-state index in [1.54, 1.807) is 0 Å². The van der Waals surface area contributed by atoms with Crippen LogP contribution in [-0.2, 0) is 4.74 Å². The van der Waals surface area contributed by atoms with Crippen LogP contribution in [0.15, 0.2) is 11.6 Å². The normalized spacial score (nSPS) is 25.4. The van der Waals surface area contributed by atoms with Crippen LogP contribution < -0.4 is 11.3 Å². The van der Waals surface area contributed by atoms with Crippen molar-refractivity contribution in [1.29, 1.82) is 0 Å². The Balaban J connectivity index is 2.49. The molecule has 3 N–H and O–H groups in total. The number of hydrazine groups is 1. The van der Waals surface area contributed by atoms with Gasteiger partial charge in [-0.2, -0.15) is 0 Å². The molecular formula is C9H18N2O. The summed E-state index contributed by atoms with van der Waals surface area (Å²) in [6, 6.07) is 0.178. The van der Waals surface area contributed by atoms with Crippen LogP contribution in [0.1, 0.15) is 26.7 Å². The zero-order chi connectivity index (χ0) is 8.97. The third-order valence-corrected chi connectivity index (χ3v) is 2.07. The highest BCUT2D eigenvalue weighted by Crippen LogP contribution is 2.16. The summed E-state index contributed by atoms with van der Waals surface area (Å²) in [6.07, 6.45) is 4.65. The second kappa shape index (κ2) is 4.60. The smallest absolute Gasteiger partial charge is 0.0777 e. The van der Waals surface area contributed by atoms with Gasteiger partial charge in [0.25, 0.3) is 0 Å². The van der Waals surface area contributed by atoms with Gasteiger partial charge in [0.15, 0.2) is 0 Å². The van der Waals surface area contributed by atoms with Gasteiger partial charge < -0.3 is 4.74 Å². The fraction of sp³-hybridized carbons (Fsp3) is 0.778. The second-order valence-corrected chi connectivity index (χ2v) is 3.49. The van der Waals surface area contributed by atoms with Gasteiger partial charge in [-0.25, -0.2) is 0 Å². The van der Waals surface area contributed by atoms with Crippen molar-refractivity contribution < 1.29 is 4.74 Å². The van der Waals surface area contributed by atoms with E-state index in [1.807, 2.05) is 0 Å². The van der Waals surface area contributed by atoms with Crippen LogP contribution in [0.5, 0.6) is 0 Å². The lowest BCUT2D eigenvalue weighted by molar-refractivity contribution is 0.0914. The van der Waals surface area contributed by atoms with Crippen molar-refractivity contribution in [3.05, 3.63) is 11.6 Å². The molecule has 3 heteroatoms. The molecule has 2 unspecified atom stereocenters. The zero-order valence-corrected chi connectivity index (χ0v) is 7.84. The van der Waals surface area contributed by atoms with E-state index >= 15 is 0 Å². The number of nitrogens with one attached hydrogen (secondary N) is 1. The summed E-state index contributed by atoms with van der Waals surface area (Å²) in [5.41, 5.74) is 4.05. The first-order chi connectivity index (χ1) is 5.74. The van der Waals surface area contributed by atoms with Crippen LogP contribution in [0.3, 0.4) is 0 Å². The van der Waals surface area contributed by atoms with E-state index in [0.717, 1.165) is 19.4 Å². The molecule has 0 aromatic rings. The summed E-state index contributed by atoms with van der Waals surface area (Å²) in [4.78, 5) is 0. The Morgan fingerprint density at radius 2 is 2.42 bits per heavy atom. The van der Waals surface area contributed by atoms with Crippen molar-refractivity contribution in [3.63, 3.8) is 0 Å². The number of nitrogens with two attached hydrogens (primary N) is 1. The molecule has 1 aliphatic heterocycles. The third kappa shape index (κ3) is 2.59. The molecular weight excluding hydrogens is 152 g/mol. The Morgan fingerprint density at radius 3 is 2.83 bits per heavy atom. The lowest BCUT2D eigenvalue weighted by Gasteiger charge is -2.18. The van der Waals surface area contributed by atoms with Gasteiger partial charge in [0, 0.05) is 6.61 Å². The van der Waals surface area contributed by atoms with E-state index in [0.29, 0.717) is 0 Å². The first-order valence-electron chi connectivity index (χ1n) is 4.47. The average molecular weight is 170 g/mol. The van der Waals surface area contributed by atoms with Gasteiger partial charge in [-0.15, -0.1) is 0 Å². The van der Waals surface area contributed by atoms with Crippen molar-refractivity contribution >= 4 is 0 Å². The number of hydrogen-bond donors (Lipinski definition) is 2. The summed E-state index contributed by atoms with van der Waals surface area (Å²) in [7, 11) is 0. The van der Waals surface area contributed by atoms with E-state index in [2.05, 4.69) is 25.3 Å². The highest BCUT2D eigenvalue weighted by Gasteiger charge is 2.22. The molecule has 0 amide bonds. The molecule has 1 fully saturated rings. The van der Waals surface area contributed by atoms with Crippen LogP contribution >= 0.6 is 0 Å². The fourth-order valence-corrected chi connectivity index (χ4v) is 1.51. The molecule has 1 heterocycles. The SMILES string of the molecule is CC(C)=CC(NN)C1CCCO1. The predicted molar refractivity (Wildman–Crippen MR) is 49.5 cm³/mol. The first kappa shape index (κ1) is 9.71. The van der Waals surface area contributed by atoms with Crippen LogP contribution in [0, 0.1) is 0 Å². The molecule has 1 aliphatic rings. The minimum absolute atomic E-state index is 0.178. The molecule has 0 radical (unpaired) electrons. The van der Waals surface area contributed by atoms with Crippen LogP contribution in [0.2, 0.25) is 0 Å². The van der Waals surface area contributed by atoms with E-state index in [4.69, 9.17) is 10.6 Å². The summed E-state index contributed by atoms with van der Waals surface area (Å²) < 4.78 is 5.52. The van der Waals surface area contributed by atoms with Gasteiger partial charge in [0.05, 0.1) is 12.1 Å². The Morgan fingerprint density at radius 1 is 1.67 bits per heavy atom. The topological polar surface area (TPSA) is 47.3 Å². The average Bonchev–Trinajstić information content (AvgIpc) is 2.51. The molecule has 0 aromatic carbocycles. The van der Waals surface area contributed by atoms with Gasteiger partial charge in [-0.05, 0) is 26.7 Å². The molecule has 0 bridgehead atoms. The lowest BCUT2D eigenvalue weighted by atomic mass is 10.1. The van der Waals surface area contributed by atoms with Crippen molar-refractivity contribution in [2.75, 3.05) is 6.61 Å². The van der Waals surface area contributed by atoms with E-state index < -0.39 is 0 Å². The molecule has 70 valence electrons. The fourth-order valence-electron chi connectivity index (χ4n) is 1.51.